The molecule has 3 N–H and O–H groups in total. The number of carboxylic acid groups (broad SMARTS) is 1. The minimum absolute atomic E-state index is 0.00820. The minimum atomic E-state index is -1.39. The highest BCUT2D eigenvalue weighted by Crippen LogP contribution is 2.44. The summed E-state index contributed by atoms with van der Waals surface area (Å²) in [6.45, 7) is 6.58. The lowest BCUT2D eigenvalue weighted by atomic mass is 9.98. The van der Waals surface area contributed by atoms with E-state index in [1.54, 1.807) is 20.8 Å². The van der Waals surface area contributed by atoms with E-state index >= 15 is 0 Å². The zero-order valence-corrected chi connectivity index (χ0v) is 22.9. The van der Waals surface area contributed by atoms with Crippen molar-refractivity contribution in [1.82, 2.24) is 15.6 Å². The third-order valence-electron chi connectivity index (χ3n) is 6.71. The van der Waals surface area contributed by atoms with Crippen LogP contribution in [0.15, 0.2) is 53.6 Å². The SMILES string of the molecule is CC(NC(=O)OC(C)(C)C)[C@H](NC(=O)OCC1c2ccccc2-c2ccccc21)C(=O)N1N=CCC[C@H]1C(=O)O. The number of nitrogens with zero attached hydrogens (tertiary/aromatic N) is 2. The van der Waals surface area contributed by atoms with Gasteiger partial charge in [-0.05, 0) is 62.8 Å². The van der Waals surface area contributed by atoms with Gasteiger partial charge in [-0.25, -0.2) is 19.4 Å². The number of amides is 3. The lowest BCUT2D eigenvalue weighted by Crippen LogP contribution is -2.60. The number of carbonyl (C=O) groups excluding carboxylic acids is 3. The van der Waals surface area contributed by atoms with Gasteiger partial charge >= 0.3 is 18.2 Å². The van der Waals surface area contributed by atoms with E-state index < -0.39 is 47.8 Å². The van der Waals surface area contributed by atoms with Crippen LogP contribution in [0.1, 0.15) is 57.6 Å². The van der Waals surface area contributed by atoms with Gasteiger partial charge in [0.2, 0.25) is 0 Å². The number of ether oxygens (including phenoxy) is 2. The number of nitrogens with one attached hydrogen (secondary N) is 2. The monoisotopic (exact) mass is 550 g/mol. The van der Waals surface area contributed by atoms with Crippen molar-refractivity contribution >= 4 is 30.3 Å². The molecule has 2 aromatic rings. The summed E-state index contributed by atoms with van der Waals surface area (Å²) in [4.78, 5) is 50.8. The van der Waals surface area contributed by atoms with E-state index in [1.807, 2.05) is 48.5 Å². The topological polar surface area (TPSA) is 147 Å². The first-order valence-electron chi connectivity index (χ1n) is 13.2. The summed E-state index contributed by atoms with van der Waals surface area (Å²) in [5, 5.41) is 19.5. The molecule has 1 aliphatic carbocycles. The zero-order valence-electron chi connectivity index (χ0n) is 22.9. The summed E-state index contributed by atoms with van der Waals surface area (Å²) < 4.78 is 10.9. The Kier molecular flexibility index (Phi) is 8.41. The van der Waals surface area contributed by atoms with Crippen LogP contribution in [0.2, 0.25) is 0 Å². The van der Waals surface area contributed by atoms with Crippen LogP contribution in [0.5, 0.6) is 0 Å². The van der Waals surface area contributed by atoms with Crippen molar-refractivity contribution in [1.29, 1.82) is 0 Å². The van der Waals surface area contributed by atoms with Crippen LogP contribution in [0, 0.1) is 0 Å². The number of hydrazone groups is 1. The molecule has 1 heterocycles. The van der Waals surface area contributed by atoms with Gasteiger partial charge in [0, 0.05) is 12.1 Å². The Bertz CT molecular complexity index is 1270. The van der Waals surface area contributed by atoms with Gasteiger partial charge in [-0.15, -0.1) is 0 Å². The van der Waals surface area contributed by atoms with E-state index in [4.69, 9.17) is 9.47 Å². The highest BCUT2D eigenvalue weighted by molar-refractivity contribution is 5.91. The van der Waals surface area contributed by atoms with E-state index in [9.17, 15) is 24.3 Å². The number of hydrogen-bond donors (Lipinski definition) is 3. The Morgan fingerprint density at radius 2 is 1.60 bits per heavy atom. The maximum Gasteiger partial charge on any atom is 0.407 e. The number of carbonyl (C=O) groups is 4. The minimum Gasteiger partial charge on any atom is -0.480 e. The third-order valence-corrected chi connectivity index (χ3v) is 6.71. The van der Waals surface area contributed by atoms with E-state index in [2.05, 4.69) is 15.7 Å². The molecule has 1 aliphatic heterocycles. The van der Waals surface area contributed by atoms with Crippen molar-refractivity contribution in [2.75, 3.05) is 6.61 Å². The van der Waals surface area contributed by atoms with Gasteiger partial charge in [-0.2, -0.15) is 5.10 Å². The molecule has 3 amide bonds. The molecule has 0 radical (unpaired) electrons. The molecule has 11 nitrogen and oxygen atoms in total. The molecule has 40 heavy (non-hydrogen) atoms. The molecule has 11 heteroatoms. The first-order valence-corrected chi connectivity index (χ1v) is 13.2. The molecule has 0 saturated carbocycles. The molecule has 1 unspecified atom stereocenters. The normalized spacial score (nSPS) is 17.7. The Morgan fingerprint density at radius 1 is 1.00 bits per heavy atom. The van der Waals surface area contributed by atoms with Crippen molar-refractivity contribution in [3.05, 3.63) is 59.7 Å². The van der Waals surface area contributed by atoms with Crippen LogP contribution in [0.25, 0.3) is 11.1 Å². The molecule has 0 saturated heterocycles. The fraction of sp³-hybridized carbons (Fsp3) is 0.414. The number of rotatable bonds is 7. The van der Waals surface area contributed by atoms with Gasteiger partial charge in [0.1, 0.15) is 18.2 Å². The van der Waals surface area contributed by atoms with Crippen LogP contribution < -0.4 is 10.6 Å². The van der Waals surface area contributed by atoms with Crippen LogP contribution in [0.3, 0.4) is 0 Å². The van der Waals surface area contributed by atoms with Gasteiger partial charge in [0.15, 0.2) is 6.04 Å². The molecule has 2 aliphatic rings. The van der Waals surface area contributed by atoms with Crippen molar-refractivity contribution in [2.45, 2.75) is 70.2 Å². The number of hydrogen-bond acceptors (Lipinski definition) is 7. The highest BCUT2D eigenvalue weighted by atomic mass is 16.6. The van der Waals surface area contributed by atoms with Crippen LogP contribution in [-0.2, 0) is 19.1 Å². The first-order chi connectivity index (χ1) is 19.0. The molecular formula is C29H34N4O7. The van der Waals surface area contributed by atoms with Gasteiger partial charge < -0.3 is 25.2 Å². The highest BCUT2D eigenvalue weighted by Gasteiger charge is 2.39. The fourth-order valence-electron chi connectivity index (χ4n) is 4.91. The molecule has 0 bridgehead atoms. The predicted molar refractivity (Wildman–Crippen MR) is 147 cm³/mol. The van der Waals surface area contributed by atoms with E-state index in [0.717, 1.165) is 27.3 Å². The molecule has 0 fully saturated rings. The fourth-order valence-corrected chi connectivity index (χ4v) is 4.91. The third kappa shape index (κ3) is 6.41. The number of aliphatic carboxylic acids is 1. The lowest BCUT2D eigenvalue weighted by molar-refractivity contribution is -0.152. The molecule has 3 atom stereocenters. The van der Waals surface area contributed by atoms with Crippen molar-refractivity contribution in [3.8, 4) is 11.1 Å². The second kappa shape index (κ2) is 11.8. The zero-order chi connectivity index (χ0) is 29.0. The van der Waals surface area contributed by atoms with Crippen molar-refractivity contribution < 1.29 is 33.8 Å². The lowest BCUT2D eigenvalue weighted by Gasteiger charge is -2.33. The van der Waals surface area contributed by atoms with Gasteiger partial charge in [0.05, 0.1) is 6.04 Å². The average molecular weight is 551 g/mol. The van der Waals surface area contributed by atoms with Gasteiger partial charge in [0.25, 0.3) is 5.91 Å². The Morgan fingerprint density at radius 3 is 2.17 bits per heavy atom. The van der Waals surface area contributed by atoms with Gasteiger partial charge in [-0.3, -0.25) is 4.79 Å². The average Bonchev–Trinajstić information content (AvgIpc) is 3.22. The van der Waals surface area contributed by atoms with E-state index in [1.165, 1.54) is 13.1 Å². The van der Waals surface area contributed by atoms with E-state index in [-0.39, 0.29) is 18.9 Å². The quantitative estimate of drug-likeness (QED) is 0.474. The van der Waals surface area contributed by atoms with Crippen molar-refractivity contribution in [3.63, 3.8) is 0 Å². The van der Waals surface area contributed by atoms with Crippen LogP contribution >= 0.6 is 0 Å². The number of fused-ring (bicyclic) bond motifs is 3. The Labute approximate surface area is 232 Å². The number of alkyl carbamates (subject to hydrolysis) is 2. The standard InChI is InChI=1S/C29H34N4O7/c1-17(31-28(38)40-29(2,3)4)24(25(34)33-23(26(35)36)14-9-15-30-33)32-27(37)39-16-22-20-12-7-5-10-18(20)19-11-6-8-13-21(19)22/h5-8,10-13,15,17,22-24H,9,14,16H2,1-4H3,(H,31,38)(H,32,37)(H,35,36)/t17?,23-,24-/m0/s1. The molecule has 4 rings (SSSR count). The van der Waals surface area contributed by atoms with E-state index in [0.29, 0.717) is 6.42 Å². The summed E-state index contributed by atoms with van der Waals surface area (Å²) in [6, 6.07) is 12.2. The smallest absolute Gasteiger partial charge is 0.407 e. The van der Waals surface area contributed by atoms with Crippen LogP contribution in [-0.4, -0.2) is 70.7 Å². The number of benzene rings is 2. The maximum atomic E-state index is 13.5. The second-order valence-corrected chi connectivity index (χ2v) is 10.8. The van der Waals surface area contributed by atoms with Crippen molar-refractivity contribution in [2.24, 2.45) is 5.10 Å². The largest absolute Gasteiger partial charge is 0.480 e. The number of carboxylic acids is 1. The molecular weight excluding hydrogens is 516 g/mol. The first kappa shape index (κ1) is 28.6. The summed E-state index contributed by atoms with van der Waals surface area (Å²) in [5.74, 6) is -2.23. The molecule has 212 valence electrons. The summed E-state index contributed by atoms with van der Waals surface area (Å²) in [7, 11) is 0. The molecule has 0 spiro atoms. The Hall–Kier alpha value is -4.41. The summed E-state index contributed by atoms with van der Waals surface area (Å²) >= 11 is 0. The molecule has 2 aromatic carbocycles. The van der Waals surface area contributed by atoms with Gasteiger partial charge in [-0.1, -0.05) is 48.5 Å². The molecule has 0 aromatic heterocycles. The summed E-state index contributed by atoms with van der Waals surface area (Å²) in [6.07, 6.45) is 0.288. The maximum absolute atomic E-state index is 13.5. The Balaban J connectivity index is 1.51. The summed E-state index contributed by atoms with van der Waals surface area (Å²) in [5.41, 5.74) is 3.39. The second-order valence-electron chi connectivity index (χ2n) is 10.8. The van der Waals surface area contributed by atoms with Crippen LogP contribution in [0.4, 0.5) is 9.59 Å². The predicted octanol–water partition coefficient (Wildman–Crippen LogP) is 3.87.